The number of hydrogen-bond acceptors (Lipinski definition) is 6. The van der Waals surface area contributed by atoms with Gasteiger partial charge in [0.2, 0.25) is 5.79 Å². The molecule has 1 spiro atoms. The minimum atomic E-state index is -1.22. The van der Waals surface area contributed by atoms with E-state index in [1.54, 1.807) is 13.8 Å². The number of amides is 4. The second-order valence-corrected chi connectivity index (χ2v) is 7.63. The molecule has 2 aliphatic heterocycles. The van der Waals surface area contributed by atoms with Gasteiger partial charge in [-0.2, -0.15) is 0 Å². The Morgan fingerprint density at radius 3 is 2.22 bits per heavy atom. The number of aromatic nitrogens is 1. The molecule has 0 saturated carbocycles. The number of benzene rings is 1. The number of urea groups is 2. The molecule has 1 aromatic carbocycles. The van der Waals surface area contributed by atoms with Gasteiger partial charge in [-0.1, -0.05) is 5.16 Å². The van der Waals surface area contributed by atoms with Crippen molar-refractivity contribution < 1.29 is 32.4 Å². The van der Waals surface area contributed by atoms with E-state index in [2.05, 4.69) is 15.8 Å². The quantitative estimate of drug-likeness (QED) is 0.727. The van der Waals surface area contributed by atoms with Crippen LogP contribution in [0.4, 0.5) is 29.7 Å². The molecule has 2 saturated heterocycles. The first-order chi connectivity index (χ1) is 15.3. The average molecular weight is 451 g/mol. The van der Waals surface area contributed by atoms with E-state index in [0.29, 0.717) is 29.8 Å². The average Bonchev–Trinajstić information content (AvgIpc) is 3.07. The van der Waals surface area contributed by atoms with Gasteiger partial charge < -0.3 is 34.4 Å². The van der Waals surface area contributed by atoms with Gasteiger partial charge in [-0.25, -0.2) is 18.4 Å². The molecule has 172 valence electrons. The van der Waals surface area contributed by atoms with Crippen LogP contribution in [0.1, 0.15) is 11.5 Å². The molecule has 4 rings (SSSR count). The highest BCUT2D eigenvalue weighted by molar-refractivity contribution is 5.91. The zero-order valence-electron chi connectivity index (χ0n) is 17.6. The lowest BCUT2D eigenvalue weighted by Crippen LogP contribution is -2.64. The summed E-state index contributed by atoms with van der Waals surface area (Å²) in [6.07, 6.45) is 0. The van der Waals surface area contributed by atoms with Crippen molar-refractivity contribution >= 4 is 23.4 Å². The number of anilines is 2. The highest BCUT2D eigenvalue weighted by Gasteiger charge is 2.44. The Balaban J connectivity index is 1.41. The van der Waals surface area contributed by atoms with E-state index in [0.717, 1.165) is 12.1 Å². The van der Waals surface area contributed by atoms with Crippen LogP contribution in [0.5, 0.6) is 0 Å². The Hall–Kier alpha value is -3.25. The Labute approximate surface area is 182 Å². The molecule has 1 aromatic heterocycles. The van der Waals surface area contributed by atoms with Crippen molar-refractivity contribution in [3.8, 4) is 0 Å². The maximum absolute atomic E-state index is 13.9. The van der Waals surface area contributed by atoms with Gasteiger partial charge in [-0.3, -0.25) is 0 Å². The standard InChI is InChI=1S/C20H23F2N5O5/c1-12-17(13(2)32-25-12)24-19(29)27-6-8-31-20(11-27)10-26(5-7-30-20)18(28)23-16-4-3-14(21)9-15(16)22/h3-4,9H,5-8,10-11H2,1-2H3,(H,23,28)(H,24,29). The highest BCUT2D eigenvalue weighted by atomic mass is 19.1. The Bertz CT molecular complexity index is 1010. The van der Waals surface area contributed by atoms with Crippen molar-refractivity contribution in [1.29, 1.82) is 0 Å². The second kappa shape index (κ2) is 8.71. The molecule has 3 heterocycles. The summed E-state index contributed by atoms with van der Waals surface area (Å²) >= 11 is 0. The summed E-state index contributed by atoms with van der Waals surface area (Å²) in [5.41, 5.74) is 0.924. The van der Waals surface area contributed by atoms with E-state index >= 15 is 0 Å². The predicted molar refractivity (Wildman–Crippen MR) is 108 cm³/mol. The minimum absolute atomic E-state index is 0.0246. The largest absolute Gasteiger partial charge is 0.359 e. The zero-order chi connectivity index (χ0) is 22.9. The first-order valence-corrected chi connectivity index (χ1v) is 10.0. The summed E-state index contributed by atoms with van der Waals surface area (Å²) < 4.78 is 43.7. The molecule has 2 aliphatic rings. The maximum atomic E-state index is 13.9. The van der Waals surface area contributed by atoms with Crippen LogP contribution in [0.3, 0.4) is 0 Å². The molecule has 1 atom stereocenters. The number of aryl methyl sites for hydroxylation is 2. The fraction of sp³-hybridized carbons (Fsp3) is 0.450. The SMILES string of the molecule is Cc1noc(C)c1NC(=O)N1CCOC2(CN(C(=O)Nc3ccc(F)cc3F)CCO2)C1. The van der Waals surface area contributed by atoms with E-state index in [1.165, 1.54) is 9.80 Å². The van der Waals surface area contributed by atoms with Crippen LogP contribution < -0.4 is 10.6 Å². The summed E-state index contributed by atoms with van der Waals surface area (Å²) in [6.45, 7) is 4.46. The summed E-state index contributed by atoms with van der Waals surface area (Å²) in [6, 6.07) is 1.94. The fourth-order valence-electron chi connectivity index (χ4n) is 3.68. The van der Waals surface area contributed by atoms with Crippen LogP contribution in [-0.2, 0) is 9.47 Å². The Morgan fingerprint density at radius 1 is 1.03 bits per heavy atom. The van der Waals surface area contributed by atoms with Gasteiger partial charge >= 0.3 is 12.1 Å². The molecular weight excluding hydrogens is 428 g/mol. The van der Waals surface area contributed by atoms with E-state index in [-0.39, 0.29) is 44.6 Å². The third kappa shape index (κ3) is 4.50. The van der Waals surface area contributed by atoms with Crippen molar-refractivity contribution in [1.82, 2.24) is 15.0 Å². The third-order valence-electron chi connectivity index (χ3n) is 5.33. The highest BCUT2D eigenvalue weighted by Crippen LogP contribution is 2.27. The van der Waals surface area contributed by atoms with Crippen LogP contribution in [0.2, 0.25) is 0 Å². The number of ether oxygens (including phenoxy) is 2. The lowest BCUT2D eigenvalue weighted by atomic mass is 10.1. The molecule has 2 fully saturated rings. The van der Waals surface area contributed by atoms with Gasteiger partial charge in [0.25, 0.3) is 0 Å². The van der Waals surface area contributed by atoms with E-state index in [4.69, 9.17) is 14.0 Å². The summed E-state index contributed by atoms with van der Waals surface area (Å²) in [5, 5.41) is 9.03. The number of nitrogens with one attached hydrogen (secondary N) is 2. The number of morpholine rings is 2. The number of hydrogen-bond donors (Lipinski definition) is 2. The molecular formula is C20H23F2N5O5. The van der Waals surface area contributed by atoms with Crippen molar-refractivity contribution in [2.24, 2.45) is 0 Å². The summed E-state index contributed by atoms with van der Waals surface area (Å²) in [5.74, 6) is -2.34. The normalized spacial score (nSPS) is 21.0. The molecule has 32 heavy (non-hydrogen) atoms. The Morgan fingerprint density at radius 2 is 1.66 bits per heavy atom. The molecule has 10 nitrogen and oxygen atoms in total. The number of nitrogens with zero attached hydrogens (tertiary/aromatic N) is 3. The van der Waals surface area contributed by atoms with Crippen LogP contribution in [-0.4, -0.2) is 72.2 Å². The van der Waals surface area contributed by atoms with Crippen molar-refractivity contribution in [3.63, 3.8) is 0 Å². The molecule has 12 heteroatoms. The van der Waals surface area contributed by atoms with Crippen molar-refractivity contribution in [2.45, 2.75) is 19.6 Å². The maximum Gasteiger partial charge on any atom is 0.322 e. The lowest BCUT2D eigenvalue weighted by molar-refractivity contribution is -0.281. The number of rotatable bonds is 2. The third-order valence-corrected chi connectivity index (χ3v) is 5.33. The van der Waals surface area contributed by atoms with Gasteiger partial charge in [0, 0.05) is 19.2 Å². The summed E-state index contributed by atoms with van der Waals surface area (Å²) in [4.78, 5) is 28.4. The molecule has 4 amide bonds. The number of carbonyl (C=O) groups excluding carboxylic acids is 2. The molecule has 2 N–H and O–H groups in total. The molecule has 0 bridgehead atoms. The van der Waals surface area contributed by atoms with Gasteiger partial charge in [0.15, 0.2) is 5.76 Å². The molecule has 1 unspecified atom stereocenters. The van der Waals surface area contributed by atoms with Crippen molar-refractivity contribution in [3.05, 3.63) is 41.3 Å². The molecule has 2 aromatic rings. The Kier molecular flexibility index (Phi) is 5.98. The number of halogens is 2. The smallest absolute Gasteiger partial charge is 0.322 e. The van der Waals surface area contributed by atoms with E-state index in [9.17, 15) is 18.4 Å². The van der Waals surface area contributed by atoms with Gasteiger partial charge in [-0.15, -0.1) is 0 Å². The molecule has 0 aliphatic carbocycles. The first kappa shape index (κ1) is 22.0. The topological polar surface area (TPSA) is 109 Å². The van der Waals surface area contributed by atoms with Crippen LogP contribution >= 0.6 is 0 Å². The summed E-state index contributed by atoms with van der Waals surface area (Å²) in [7, 11) is 0. The number of carbonyl (C=O) groups is 2. The van der Waals surface area contributed by atoms with Gasteiger partial charge in [-0.05, 0) is 26.0 Å². The van der Waals surface area contributed by atoms with Crippen LogP contribution in [0.15, 0.2) is 22.7 Å². The molecule has 0 radical (unpaired) electrons. The van der Waals surface area contributed by atoms with Crippen LogP contribution in [0.25, 0.3) is 0 Å². The zero-order valence-corrected chi connectivity index (χ0v) is 17.6. The minimum Gasteiger partial charge on any atom is -0.359 e. The van der Waals surface area contributed by atoms with E-state index < -0.39 is 23.5 Å². The van der Waals surface area contributed by atoms with Gasteiger partial charge in [0.1, 0.15) is 23.0 Å². The van der Waals surface area contributed by atoms with Gasteiger partial charge in [0.05, 0.1) is 32.0 Å². The lowest BCUT2D eigenvalue weighted by Gasteiger charge is -2.47. The second-order valence-electron chi connectivity index (χ2n) is 7.63. The van der Waals surface area contributed by atoms with E-state index in [1.807, 2.05) is 0 Å². The first-order valence-electron chi connectivity index (χ1n) is 10.0. The fourth-order valence-corrected chi connectivity index (χ4v) is 3.68. The van der Waals surface area contributed by atoms with Crippen LogP contribution in [0, 0.1) is 25.5 Å². The monoisotopic (exact) mass is 451 g/mol. The predicted octanol–water partition coefficient (Wildman–Crippen LogP) is 2.69. The van der Waals surface area contributed by atoms with Crippen molar-refractivity contribution in [2.75, 3.05) is 50.0 Å².